The second-order valence-corrected chi connectivity index (χ2v) is 4.89. The normalized spacial score (nSPS) is 26.3. The van der Waals surface area contributed by atoms with Crippen molar-refractivity contribution in [1.29, 1.82) is 0 Å². The molecule has 5 heteroatoms. The van der Waals surface area contributed by atoms with Gasteiger partial charge in [0.15, 0.2) is 0 Å². The maximum atomic E-state index is 11.9. The first-order valence-electron chi connectivity index (χ1n) is 5.57. The Balaban J connectivity index is 0.00000108. The molecule has 92 valence electrons. The van der Waals surface area contributed by atoms with Crippen molar-refractivity contribution < 1.29 is 4.79 Å². The van der Waals surface area contributed by atoms with Crippen molar-refractivity contribution in [2.24, 2.45) is 5.92 Å². The van der Waals surface area contributed by atoms with E-state index in [-0.39, 0.29) is 24.2 Å². The molecule has 2 N–H and O–H groups in total. The standard InChI is InChI=1S/C12H13ClN2O.ClH/c13-8-1-2-9-10(5-8)15-12(16)11(9)7-3-4-14-6-7;/h1-2,5,7,11,14H,3-4,6H2,(H,15,16);1H. The molecule has 0 radical (unpaired) electrons. The van der Waals surface area contributed by atoms with Crippen molar-refractivity contribution in [2.45, 2.75) is 12.3 Å². The summed E-state index contributed by atoms with van der Waals surface area (Å²) >= 11 is 5.91. The molecule has 2 aliphatic rings. The fraction of sp³-hybridized carbons (Fsp3) is 0.417. The Morgan fingerprint density at radius 1 is 1.35 bits per heavy atom. The smallest absolute Gasteiger partial charge is 0.232 e. The van der Waals surface area contributed by atoms with Gasteiger partial charge in [0.2, 0.25) is 5.91 Å². The second kappa shape index (κ2) is 4.84. The predicted molar refractivity (Wildman–Crippen MR) is 71.0 cm³/mol. The van der Waals surface area contributed by atoms with Gasteiger partial charge < -0.3 is 10.6 Å². The summed E-state index contributed by atoms with van der Waals surface area (Å²) in [6.45, 7) is 1.94. The number of halogens is 2. The Bertz CT molecular complexity index is 444. The number of nitrogens with one attached hydrogen (secondary N) is 2. The van der Waals surface area contributed by atoms with Crippen molar-refractivity contribution >= 4 is 35.6 Å². The van der Waals surface area contributed by atoms with Gasteiger partial charge in [-0.25, -0.2) is 0 Å². The van der Waals surface area contributed by atoms with Gasteiger partial charge in [-0.05, 0) is 43.1 Å². The fourth-order valence-electron chi connectivity index (χ4n) is 2.69. The van der Waals surface area contributed by atoms with Crippen molar-refractivity contribution in [3.05, 3.63) is 28.8 Å². The summed E-state index contributed by atoms with van der Waals surface area (Å²) in [4.78, 5) is 11.9. The van der Waals surface area contributed by atoms with E-state index in [4.69, 9.17) is 11.6 Å². The lowest BCUT2D eigenvalue weighted by atomic mass is 9.86. The fourth-order valence-corrected chi connectivity index (χ4v) is 2.86. The van der Waals surface area contributed by atoms with Gasteiger partial charge in [-0.3, -0.25) is 4.79 Å². The van der Waals surface area contributed by atoms with E-state index in [1.807, 2.05) is 18.2 Å². The zero-order valence-corrected chi connectivity index (χ0v) is 10.8. The lowest BCUT2D eigenvalue weighted by molar-refractivity contribution is -0.118. The zero-order chi connectivity index (χ0) is 11.1. The Kier molecular flexibility index (Phi) is 3.61. The molecule has 2 unspecified atom stereocenters. The van der Waals surface area contributed by atoms with Crippen LogP contribution in [0.2, 0.25) is 5.02 Å². The van der Waals surface area contributed by atoms with Crippen LogP contribution in [0.3, 0.4) is 0 Å². The third-order valence-corrected chi connectivity index (χ3v) is 3.70. The van der Waals surface area contributed by atoms with Crippen LogP contribution in [-0.4, -0.2) is 19.0 Å². The molecule has 3 rings (SSSR count). The van der Waals surface area contributed by atoms with Gasteiger partial charge >= 0.3 is 0 Å². The third kappa shape index (κ3) is 2.15. The first-order valence-corrected chi connectivity index (χ1v) is 5.94. The van der Waals surface area contributed by atoms with E-state index in [0.29, 0.717) is 10.9 Å². The summed E-state index contributed by atoms with van der Waals surface area (Å²) in [6, 6.07) is 5.66. The maximum absolute atomic E-state index is 11.9. The van der Waals surface area contributed by atoms with E-state index in [1.54, 1.807) is 0 Å². The highest BCUT2D eigenvalue weighted by Crippen LogP contribution is 2.40. The predicted octanol–water partition coefficient (Wildman–Crippen LogP) is 2.41. The molecule has 2 heterocycles. The van der Waals surface area contributed by atoms with Crippen molar-refractivity contribution in [2.75, 3.05) is 18.4 Å². The Morgan fingerprint density at radius 2 is 2.18 bits per heavy atom. The topological polar surface area (TPSA) is 41.1 Å². The number of hydrogen-bond acceptors (Lipinski definition) is 2. The molecule has 1 aromatic rings. The average molecular weight is 273 g/mol. The third-order valence-electron chi connectivity index (χ3n) is 3.46. The lowest BCUT2D eigenvalue weighted by Crippen LogP contribution is -2.22. The van der Waals surface area contributed by atoms with E-state index in [9.17, 15) is 4.79 Å². The molecule has 1 amide bonds. The number of benzene rings is 1. The number of amides is 1. The van der Waals surface area contributed by atoms with Crippen molar-refractivity contribution in [3.63, 3.8) is 0 Å². The summed E-state index contributed by atoms with van der Waals surface area (Å²) in [7, 11) is 0. The first-order chi connectivity index (χ1) is 7.75. The number of rotatable bonds is 1. The number of hydrogen-bond donors (Lipinski definition) is 2. The van der Waals surface area contributed by atoms with E-state index in [0.717, 1.165) is 30.8 Å². The van der Waals surface area contributed by atoms with Gasteiger partial charge in [0.1, 0.15) is 0 Å². The van der Waals surface area contributed by atoms with E-state index in [1.165, 1.54) is 0 Å². The van der Waals surface area contributed by atoms with Crippen LogP contribution in [0.25, 0.3) is 0 Å². The number of anilines is 1. The van der Waals surface area contributed by atoms with Crippen molar-refractivity contribution in [1.82, 2.24) is 5.32 Å². The molecule has 3 nitrogen and oxygen atoms in total. The molecule has 0 aromatic heterocycles. The van der Waals surface area contributed by atoms with Gasteiger partial charge in [-0.2, -0.15) is 0 Å². The molecule has 0 spiro atoms. The minimum atomic E-state index is 0. The molecule has 1 saturated heterocycles. The quantitative estimate of drug-likeness (QED) is 0.825. The summed E-state index contributed by atoms with van der Waals surface area (Å²) in [6.07, 6.45) is 1.07. The van der Waals surface area contributed by atoms with Gasteiger partial charge in [-0.15, -0.1) is 12.4 Å². The van der Waals surface area contributed by atoms with Crippen LogP contribution < -0.4 is 10.6 Å². The molecule has 2 aliphatic heterocycles. The van der Waals surface area contributed by atoms with Gasteiger partial charge in [0.25, 0.3) is 0 Å². The monoisotopic (exact) mass is 272 g/mol. The molecule has 2 atom stereocenters. The van der Waals surface area contributed by atoms with Gasteiger partial charge in [0.05, 0.1) is 5.92 Å². The first kappa shape index (κ1) is 12.7. The summed E-state index contributed by atoms with van der Waals surface area (Å²) in [5, 5.41) is 6.89. The van der Waals surface area contributed by atoms with Gasteiger partial charge in [0, 0.05) is 10.7 Å². The largest absolute Gasteiger partial charge is 0.325 e. The van der Waals surface area contributed by atoms with Crippen LogP contribution >= 0.6 is 24.0 Å². The summed E-state index contributed by atoms with van der Waals surface area (Å²) in [5.41, 5.74) is 1.98. The average Bonchev–Trinajstić information content (AvgIpc) is 2.83. The van der Waals surface area contributed by atoms with E-state index < -0.39 is 0 Å². The molecule has 1 aromatic carbocycles. The second-order valence-electron chi connectivity index (χ2n) is 4.45. The zero-order valence-electron chi connectivity index (χ0n) is 9.20. The minimum absolute atomic E-state index is 0. The van der Waals surface area contributed by atoms with Crippen molar-refractivity contribution in [3.8, 4) is 0 Å². The summed E-state index contributed by atoms with van der Waals surface area (Å²) in [5.74, 6) is 0.538. The highest BCUT2D eigenvalue weighted by Gasteiger charge is 2.37. The number of carbonyl (C=O) groups is 1. The SMILES string of the molecule is Cl.O=C1Nc2cc(Cl)ccc2C1C1CCNC1. The molecular weight excluding hydrogens is 259 g/mol. The summed E-state index contributed by atoms with van der Waals surface area (Å²) < 4.78 is 0. The van der Waals surface area contributed by atoms with E-state index in [2.05, 4.69) is 10.6 Å². The maximum Gasteiger partial charge on any atom is 0.232 e. The Hall–Kier alpha value is -0.770. The number of carbonyl (C=O) groups excluding carboxylic acids is 1. The molecular formula is C12H14Cl2N2O. The molecule has 17 heavy (non-hydrogen) atoms. The van der Waals surface area contributed by atoms with Crippen LogP contribution in [0.5, 0.6) is 0 Å². The minimum Gasteiger partial charge on any atom is -0.325 e. The van der Waals surface area contributed by atoms with Crippen LogP contribution in [0.1, 0.15) is 17.9 Å². The highest BCUT2D eigenvalue weighted by atomic mass is 35.5. The van der Waals surface area contributed by atoms with Crippen LogP contribution in [-0.2, 0) is 4.79 Å². The number of fused-ring (bicyclic) bond motifs is 1. The Morgan fingerprint density at radius 3 is 2.88 bits per heavy atom. The highest BCUT2D eigenvalue weighted by molar-refractivity contribution is 6.31. The van der Waals surface area contributed by atoms with Crippen LogP contribution in [0.15, 0.2) is 18.2 Å². The van der Waals surface area contributed by atoms with Crippen LogP contribution in [0, 0.1) is 5.92 Å². The van der Waals surface area contributed by atoms with Gasteiger partial charge in [-0.1, -0.05) is 17.7 Å². The molecule has 0 bridgehead atoms. The van der Waals surface area contributed by atoms with Crippen LogP contribution in [0.4, 0.5) is 5.69 Å². The molecule has 1 fully saturated rings. The molecule has 0 aliphatic carbocycles. The lowest BCUT2D eigenvalue weighted by Gasteiger charge is -2.15. The van der Waals surface area contributed by atoms with E-state index >= 15 is 0 Å². The molecule has 0 saturated carbocycles. The Labute approximate surface area is 111 Å².